The first kappa shape index (κ1) is 21.2. The topological polar surface area (TPSA) is 113 Å². The molecule has 1 saturated heterocycles. The highest BCUT2D eigenvalue weighted by Crippen LogP contribution is 2.38. The second kappa shape index (κ2) is 8.27. The molecule has 0 spiro atoms. The molecule has 148 valence electrons. The van der Waals surface area contributed by atoms with E-state index in [1.54, 1.807) is 31.2 Å². The van der Waals surface area contributed by atoms with Gasteiger partial charge in [-0.25, -0.2) is 4.79 Å². The van der Waals surface area contributed by atoms with E-state index in [9.17, 15) is 14.4 Å². The minimum Gasteiger partial charge on any atom is -0.330 e. The first-order chi connectivity index (χ1) is 12.4. The maximum absolute atomic E-state index is 12.6. The van der Waals surface area contributed by atoms with Crippen molar-refractivity contribution in [2.24, 2.45) is 11.1 Å². The number of halogens is 1. The molecular weight excluding hydrogens is 368 g/mol. The summed E-state index contributed by atoms with van der Waals surface area (Å²) in [4.78, 5) is 36.1. The molecule has 1 aliphatic heterocycles. The van der Waals surface area contributed by atoms with E-state index in [-0.39, 0.29) is 23.7 Å². The van der Waals surface area contributed by atoms with Crippen molar-refractivity contribution in [2.75, 3.05) is 11.9 Å². The Hall–Kier alpha value is -2.12. The fraction of sp³-hybridized carbons (Fsp3) is 0.526. The van der Waals surface area contributed by atoms with Crippen LogP contribution in [0.2, 0.25) is 0 Å². The fourth-order valence-corrected chi connectivity index (χ4v) is 3.96. The Bertz CT molecular complexity index is 733. The molecular formula is C19H27ClN4O3. The average Bonchev–Trinajstić information content (AvgIpc) is 2.89. The number of carbonyl (C=O) groups excluding carboxylic acids is 3. The lowest BCUT2D eigenvalue weighted by Crippen LogP contribution is -2.40. The Morgan fingerprint density at radius 3 is 2.52 bits per heavy atom. The van der Waals surface area contributed by atoms with E-state index in [2.05, 4.69) is 16.0 Å². The lowest BCUT2D eigenvalue weighted by molar-refractivity contribution is -0.123. The van der Waals surface area contributed by atoms with Crippen LogP contribution < -0.4 is 21.7 Å². The molecule has 8 heteroatoms. The number of anilines is 1. The number of nitrogens with one attached hydrogen (secondary N) is 3. The van der Waals surface area contributed by atoms with Crippen LogP contribution in [0.5, 0.6) is 0 Å². The number of benzene rings is 1. The number of urea groups is 1. The van der Waals surface area contributed by atoms with E-state index in [4.69, 9.17) is 5.73 Å². The third-order valence-corrected chi connectivity index (χ3v) is 5.65. The highest BCUT2D eigenvalue weighted by Gasteiger charge is 2.43. The quantitative estimate of drug-likeness (QED) is 0.574. The zero-order valence-electron chi connectivity index (χ0n) is 15.5. The summed E-state index contributed by atoms with van der Waals surface area (Å²) in [7, 11) is 0. The molecule has 4 amide bonds. The van der Waals surface area contributed by atoms with E-state index >= 15 is 0 Å². The minimum absolute atomic E-state index is 0. The molecule has 0 bridgehead atoms. The van der Waals surface area contributed by atoms with Crippen molar-refractivity contribution < 1.29 is 14.4 Å². The van der Waals surface area contributed by atoms with Crippen molar-refractivity contribution in [2.45, 2.75) is 51.0 Å². The van der Waals surface area contributed by atoms with E-state index in [1.165, 1.54) is 6.42 Å². The number of hydrogen-bond donors (Lipinski definition) is 4. The van der Waals surface area contributed by atoms with Gasteiger partial charge in [0.05, 0.1) is 0 Å². The maximum atomic E-state index is 12.6. The lowest BCUT2D eigenvalue weighted by Gasteiger charge is -2.35. The summed E-state index contributed by atoms with van der Waals surface area (Å²) in [5.74, 6) is -0.477. The standard InChI is InChI=1S/C19H26N4O3.ClH/c1-18(16(25)22-17(26)23-18)13-6-5-7-14(10-13)21-15(24)11-19(12-20)8-3-2-4-9-19;/h5-7,10H,2-4,8-9,11-12,20H2,1H3,(H,21,24)(H2,22,23,25,26);1H. The third kappa shape index (κ3) is 4.42. The molecule has 0 radical (unpaired) electrons. The first-order valence-corrected chi connectivity index (χ1v) is 9.11. The fourth-order valence-electron chi connectivity index (χ4n) is 3.96. The summed E-state index contributed by atoms with van der Waals surface area (Å²) in [6, 6.07) is 6.49. The summed E-state index contributed by atoms with van der Waals surface area (Å²) >= 11 is 0. The molecule has 2 aliphatic rings. The largest absolute Gasteiger partial charge is 0.330 e. The molecule has 1 heterocycles. The van der Waals surface area contributed by atoms with E-state index in [0.717, 1.165) is 25.7 Å². The van der Waals surface area contributed by atoms with Gasteiger partial charge in [0, 0.05) is 12.1 Å². The second-order valence-electron chi connectivity index (χ2n) is 7.60. The van der Waals surface area contributed by atoms with Gasteiger partial charge in [0.25, 0.3) is 5.91 Å². The second-order valence-corrected chi connectivity index (χ2v) is 7.60. The van der Waals surface area contributed by atoms with E-state index in [0.29, 0.717) is 24.2 Å². The number of rotatable bonds is 5. The van der Waals surface area contributed by atoms with Crippen LogP contribution in [0.25, 0.3) is 0 Å². The van der Waals surface area contributed by atoms with E-state index < -0.39 is 17.5 Å². The van der Waals surface area contributed by atoms with Gasteiger partial charge in [0.15, 0.2) is 0 Å². The Kier molecular flexibility index (Phi) is 6.49. The number of imide groups is 1. The van der Waals surface area contributed by atoms with Gasteiger partial charge in [0.1, 0.15) is 5.54 Å². The normalized spacial score (nSPS) is 23.8. The molecule has 3 rings (SSSR count). The molecule has 1 aromatic rings. The number of carbonyl (C=O) groups is 3. The van der Waals surface area contributed by atoms with Crippen LogP contribution >= 0.6 is 12.4 Å². The summed E-state index contributed by atoms with van der Waals surface area (Å²) in [5, 5.41) is 7.79. The van der Waals surface area contributed by atoms with Crippen molar-refractivity contribution in [3.63, 3.8) is 0 Å². The van der Waals surface area contributed by atoms with Gasteiger partial charge in [-0.2, -0.15) is 0 Å². The number of amides is 4. The van der Waals surface area contributed by atoms with E-state index in [1.807, 2.05) is 0 Å². The average molecular weight is 395 g/mol. The Morgan fingerprint density at radius 2 is 1.93 bits per heavy atom. The van der Waals surface area contributed by atoms with Gasteiger partial charge < -0.3 is 16.4 Å². The van der Waals surface area contributed by atoms with Crippen molar-refractivity contribution in [1.82, 2.24) is 10.6 Å². The highest BCUT2D eigenvalue weighted by atomic mass is 35.5. The Morgan fingerprint density at radius 1 is 1.22 bits per heavy atom. The summed E-state index contributed by atoms with van der Waals surface area (Å²) in [6.45, 7) is 2.16. The van der Waals surface area contributed by atoms with Crippen molar-refractivity contribution in [3.05, 3.63) is 29.8 Å². The van der Waals surface area contributed by atoms with Crippen molar-refractivity contribution >= 4 is 35.9 Å². The van der Waals surface area contributed by atoms with Gasteiger partial charge in [0.2, 0.25) is 5.91 Å². The van der Waals surface area contributed by atoms with Crippen LogP contribution in [-0.4, -0.2) is 24.4 Å². The molecule has 7 nitrogen and oxygen atoms in total. The van der Waals surface area contributed by atoms with Gasteiger partial charge >= 0.3 is 6.03 Å². The summed E-state index contributed by atoms with van der Waals surface area (Å²) < 4.78 is 0. The molecule has 0 aromatic heterocycles. The lowest BCUT2D eigenvalue weighted by atomic mass is 9.71. The summed E-state index contributed by atoms with van der Waals surface area (Å²) in [6.07, 6.45) is 5.82. The number of nitrogens with two attached hydrogens (primary N) is 1. The molecule has 5 N–H and O–H groups in total. The molecule has 1 unspecified atom stereocenters. The Labute approximate surface area is 165 Å². The van der Waals surface area contributed by atoms with Gasteiger partial charge in [-0.3, -0.25) is 14.9 Å². The third-order valence-electron chi connectivity index (χ3n) is 5.65. The van der Waals surface area contributed by atoms with Crippen LogP contribution in [0.15, 0.2) is 24.3 Å². The zero-order chi connectivity index (χ0) is 18.8. The molecule has 1 atom stereocenters. The molecule has 27 heavy (non-hydrogen) atoms. The zero-order valence-corrected chi connectivity index (χ0v) is 16.3. The smallest absolute Gasteiger partial charge is 0.322 e. The van der Waals surface area contributed by atoms with Gasteiger partial charge in [-0.15, -0.1) is 12.4 Å². The minimum atomic E-state index is -1.14. The molecule has 2 fully saturated rings. The van der Waals surface area contributed by atoms with Crippen LogP contribution in [0.4, 0.5) is 10.5 Å². The van der Waals surface area contributed by atoms with Crippen molar-refractivity contribution in [3.8, 4) is 0 Å². The highest BCUT2D eigenvalue weighted by molar-refractivity contribution is 6.07. The van der Waals surface area contributed by atoms with Gasteiger partial charge in [-0.1, -0.05) is 31.4 Å². The summed E-state index contributed by atoms with van der Waals surface area (Å²) in [5.41, 5.74) is 5.94. The van der Waals surface area contributed by atoms with Crippen LogP contribution in [0.3, 0.4) is 0 Å². The molecule has 1 aromatic carbocycles. The predicted octanol–water partition coefficient (Wildman–Crippen LogP) is 2.40. The van der Waals surface area contributed by atoms with Gasteiger partial charge in [-0.05, 0) is 49.4 Å². The predicted molar refractivity (Wildman–Crippen MR) is 106 cm³/mol. The van der Waals surface area contributed by atoms with Crippen LogP contribution in [0.1, 0.15) is 51.0 Å². The van der Waals surface area contributed by atoms with Crippen LogP contribution in [-0.2, 0) is 15.1 Å². The van der Waals surface area contributed by atoms with Crippen molar-refractivity contribution in [1.29, 1.82) is 0 Å². The molecule has 1 saturated carbocycles. The SMILES string of the molecule is CC1(c2cccc(NC(=O)CC3(CN)CCCCC3)c2)NC(=O)NC1=O.Cl. The molecule has 1 aliphatic carbocycles. The maximum Gasteiger partial charge on any atom is 0.322 e. The van der Waals surface area contributed by atoms with Crippen LogP contribution in [0, 0.1) is 5.41 Å². The number of hydrogen-bond acceptors (Lipinski definition) is 4. The monoisotopic (exact) mass is 394 g/mol. The first-order valence-electron chi connectivity index (χ1n) is 9.11. The Balaban J connectivity index is 0.00000261.